The SMILES string of the molecule is CC(C)(C)N(CCCC1NC(=O)N(C2CC3(CC(Oc4ncccc4C(N)=O)C3)C2)C1=O)C(=O)O. The van der Waals surface area contributed by atoms with Crippen LogP contribution in [0, 0.1) is 5.41 Å². The molecule has 2 aliphatic carbocycles. The van der Waals surface area contributed by atoms with Crippen molar-refractivity contribution in [1.29, 1.82) is 0 Å². The van der Waals surface area contributed by atoms with Crippen LogP contribution in [0.3, 0.4) is 0 Å². The van der Waals surface area contributed by atoms with Gasteiger partial charge in [-0.15, -0.1) is 0 Å². The van der Waals surface area contributed by atoms with Crippen LogP contribution in [0.15, 0.2) is 18.3 Å². The first-order valence-corrected chi connectivity index (χ1v) is 12.0. The van der Waals surface area contributed by atoms with Crippen LogP contribution < -0.4 is 15.8 Å². The number of ether oxygens (including phenoxy) is 1. The number of nitrogens with one attached hydrogen (secondary N) is 1. The van der Waals surface area contributed by atoms with Gasteiger partial charge in [-0.25, -0.2) is 14.6 Å². The summed E-state index contributed by atoms with van der Waals surface area (Å²) in [5.74, 6) is -0.590. The van der Waals surface area contributed by atoms with Crippen molar-refractivity contribution in [3.05, 3.63) is 23.9 Å². The molecule has 2 saturated carbocycles. The monoisotopic (exact) mass is 487 g/mol. The number of nitrogens with two attached hydrogens (primary N) is 1. The Morgan fingerprint density at radius 3 is 2.57 bits per heavy atom. The second-order valence-electron chi connectivity index (χ2n) is 10.9. The number of carboxylic acid groups (broad SMARTS) is 1. The van der Waals surface area contributed by atoms with Gasteiger partial charge in [0.2, 0.25) is 5.88 Å². The van der Waals surface area contributed by atoms with Gasteiger partial charge in [0, 0.05) is 24.3 Å². The average Bonchev–Trinajstić information content (AvgIpc) is 2.98. The fourth-order valence-corrected chi connectivity index (χ4v) is 5.54. The van der Waals surface area contributed by atoms with E-state index in [1.807, 2.05) is 20.8 Å². The summed E-state index contributed by atoms with van der Waals surface area (Å²) in [5.41, 5.74) is 5.12. The van der Waals surface area contributed by atoms with E-state index in [0.29, 0.717) is 19.4 Å². The van der Waals surface area contributed by atoms with Crippen molar-refractivity contribution in [2.24, 2.45) is 11.1 Å². The number of nitrogens with zero attached hydrogens (tertiary/aromatic N) is 3. The molecule has 0 aromatic carbocycles. The molecular weight excluding hydrogens is 454 g/mol. The number of hydrogen-bond donors (Lipinski definition) is 3. The molecule has 11 nitrogen and oxygen atoms in total. The van der Waals surface area contributed by atoms with Crippen molar-refractivity contribution in [2.75, 3.05) is 6.54 Å². The Hall–Kier alpha value is -3.37. The van der Waals surface area contributed by atoms with E-state index >= 15 is 0 Å². The van der Waals surface area contributed by atoms with Gasteiger partial charge in [0.1, 0.15) is 17.7 Å². The Kier molecular flexibility index (Phi) is 6.37. The van der Waals surface area contributed by atoms with E-state index in [1.165, 1.54) is 9.80 Å². The second kappa shape index (κ2) is 9.01. The Labute approximate surface area is 204 Å². The lowest BCUT2D eigenvalue weighted by molar-refractivity contribution is -0.140. The van der Waals surface area contributed by atoms with Crippen LogP contribution in [-0.4, -0.2) is 74.1 Å². The summed E-state index contributed by atoms with van der Waals surface area (Å²) in [5, 5.41) is 12.2. The largest absolute Gasteiger partial charge is 0.474 e. The molecule has 1 atom stereocenters. The van der Waals surface area contributed by atoms with E-state index in [-0.39, 0.29) is 40.9 Å². The number of primary amides is 1. The number of carbonyl (C=O) groups excluding carboxylic acids is 3. The summed E-state index contributed by atoms with van der Waals surface area (Å²) in [6.07, 6.45) is 4.31. The highest BCUT2D eigenvalue weighted by Gasteiger charge is 2.58. The average molecular weight is 488 g/mol. The molecule has 1 spiro atoms. The van der Waals surface area contributed by atoms with Gasteiger partial charge in [-0.3, -0.25) is 14.5 Å². The summed E-state index contributed by atoms with van der Waals surface area (Å²) in [6.45, 7) is 5.75. The van der Waals surface area contributed by atoms with Crippen molar-refractivity contribution in [3.8, 4) is 5.88 Å². The first-order valence-electron chi connectivity index (χ1n) is 12.0. The highest BCUT2D eigenvalue weighted by Crippen LogP contribution is 2.58. The highest BCUT2D eigenvalue weighted by atomic mass is 16.5. The molecule has 190 valence electrons. The van der Waals surface area contributed by atoms with Crippen molar-refractivity contribution in [1.82, 2.24) is 20.1 Å². The number of pyridine rings is 1. The topological polar surface area (TPSA) is 155 Å². The van der Waals surface area contributed by atoms with Gasteiger partial charge in [-0.2, -0.15) is 0 Å². The van der Waals surface area contributed by atoms with Gasteiger partial charge < -0.3 is 25.8 Å². The molecule has 1 aliphatic heterocycles. The minimum absolute atomic E-state index is 0.0321. The predicted octanol–water partition coefficient (Wildman–Crippen LogP) is 2.35. The molecule has 2 heterocycles. The molecule has 4 rings (SSSR count). The summed E-state index contributed by atoms with van der Waals surface area (Å²) in [4.78, 5) is 55.3. The number of urea groups is 1. The molecule has 11 heteroatoms. The van der Waals surface area contributed by atoms with Crippen molar-refractivity contribution in [2.45, 2.75) is 83.0 Å². The third-order valence-electron chi connectivity index (χ3n) is 7.31. The molecule has 5 amide bonds. The summed E-state index contributed by atoms with van der Waals surface area (Å²) in [6, 6.07) is 2.06. The highest BCUT2D eigenvalue weighted by molar-refractivity contribution is 6.04. The van der Waals surface area contributed by atoms with Gasteiger partial charge >= 0.3 is 12.1 Å². The molecule has 0 radical (unpaired) electrons. The summed E-state index contributed by atoms with van der Waals surface area (Å²) >= 11 is 0. The van der Waals surface area contributed by atoms with Gasteiger partial charge in [0.15, 0.2) is 0 Å². The van der Waals surface area contributed by atoms with E-state index in [1.54, 1.807) is 18.3 Å². The maximum Gasteiger partial charge on any atom is 0.407 e. The first-order chi connectivity index (χ1) is 16.4. The number of rotatable bonds is 8. The lowest BCUT2D eigenvalue weighted by Gasteiger charge is -2.58. The smallest absolute Gasteiger partial charge is 0.407 e. The Bertz CT molecular complexity index is 1020. The molecule has 1 aromatic heterocycles. The number of hydrogen-bond acceptors (Lipinski definition) is 6. The third kappa shape index (κ3) is 4.89. The predicted molar refractivity (Wildman–Crippen MR) is 125 cm³/mol. The lowest BCUT2D eigenvalue weighted by Crippen LogP contribution is -2.60. The van der Waals surface area contributed by atoms with Gasteiger partial charge in [0.25, 0.3) is 11.8 Å². The minimum atomic E-state index is -1.00. The zero-order valence-corrected chi connectivity index (χ0v) is 20.3. The van der Waals surface area contributed by atoms with Crippen LogP contribution in [0.2, 0.25) is 0 Å². The molecule has 1 unspecified atom stereocenters. The lowest BCUT2D eigenvalue weighted by atomic mass is 9.52. The van der Waals surface area contributed by atoms with Crippen LogP contribution in [0.5, 0.6) is 5.88 Å². The van der Waals surface area contributed by atoms with E-state index < -0.39 is 23.6 Å². The van der Waals surface area contributed by atoms with Crippen molar-refractivity contribution >= 4 is 23.9 Å². The number of carbonyl (C=O) groups is 4. The number of amides is 5. The van der Waals surface area contributed by atoms with Crippen LogP contribution in [0.4, 0.5) is 9.59 Å². The molecule has 3 aliphatic rings. The van der Waals surface area contributed by atoms with E-state index in [0.717, 1.165) is 25.7 Å². The Balaban J connectivity index is 1.25. The Morgan fingerprint density at radius 1 is 1.29 bits per heavy atom. The Morgan fingerprint density at radius 2 is 1.97 bits per heavy atom. The fourth-order valence-electron chi connectivity index (χ4n) is 5.54. The normalized spacial score (nSPS) is 27.7. The van der Waals surface area contributed by atoms with E-state index in [2.05, 4.69) is 10.3 Å². The maximum atomic E-state index is 12.9. The number of imide groups is 1. The molecule has 1 saturated heterocycles. The molecule has 35 heavy (non-hydrogen) atoms. The van der Waals surface area contributed by atoms with Crippen LogP contribution in [0.1, 0.15) is 69.7 Å². The quantitative estimate of drug-likeness (QED) is 0.475. The van der Waals surface area contributed by atoms with Crippen molar-refractivity contribution in [3.63, 3.8) is 0 Å². The molecule has 3 fully saturated rings. The van der Waals surface area contributed by atoms with Crippen LogP contribution in [-0.2, 0) is 4.79 Å². The van der Waals surface area contributed by atoms with Gasteiger partial charge in [-0.1, -0.05) is 0 Å². The zero-order chi connectivity index (χ0) is 25.5. The van der Waals surface area contributed by atoms with Crippen molar-refractivity contribution < 1.29 is 29.0 Å². The molecule has 4 N–H and O–H groups in total. The van der Waals surface area contributed by atoms with Crippen LogP contribution in [0.25, 0.3) is 0 Å². The molecular formula is C24H33N5O6. The summed E-state index contributed by atoms with van der Waals surface area (Å²) < 4.78 is 5.88. The summed E-state index contributed by atoms with van der Waals surface area (Å²) in [7, 11) is 0. The standard InChI is InChI=1S/C24H33N5O6/c1-23(2,3)28(22(33)34)9-5-7-17-20(31)29(21(32)27-17)14-10-24(11-14)12-15(13-24)35-19-16(18(25)30)6-4-8-26-19/h4,6,8,14-15,17H,5,7,9-13H2,1-3H3,(H2,25,30)(H,27,32)(H,33,34). The minimum Gasteiger partial charge on any atom is -0.474 e. The number of aromatic nitrogens is 1. The van der Waals surface area contributed by atoms with E-state index in [4.69, 9.17) is 10.5 Å². The first kappa shape index (κ1) is 24.7. The third-order valence-corrected chi connectivity index (χ3v) is 7.31. The molecule has 0 bridgehead atoms. The molecule has 1 aromatic rings. The van der Waals surface area contributed by atoms with Crippen LogP contribution >= 0.6 is 0 Å². The zero-order valence-electron chi connectivity index (χ0n) is 20.3. The second-order valence-corrected chi connectivity index (χ2v) is 10.9. The van der Waals surface area contributed by atoms with Gasteiger partial charge in [0.05, 0.1) is 0 Å². The van der Waals surface area contributed by atoms with Gasteiger partial charge in [-0.05, 0) is 76.8 Å². The fraction of sp³-hybridized carbons (Fsp3) is 0.625. The van der Waals surface area contributed by atoms with E-state index in [9.17, 15) is 24.3 Å². The maximum absolute atomic E-state index is 12.9.